The predicted octanol–water partition coefficient (Wildman–Crippen LogP) is 11.5. The molecule has 0 spiro atoms. The van der Waals surface area contributed by atoms with Gasteiger partial charge in [0, 0.05) is 32.4 Å². The van der Waals surface area contributed by atoms with Gasteiger partial charge in [-0.2, -0.15) is 0 Å². The van der Waals surface area contributed by atoms with Gasteiger partial charge in [0.2, 0.25) is 0 Å². The van der Waals surface area contributed by atoms with E-state index < -0.39 is 0 Å². The number of hydrogen-bond donors (Lipinski definition) is 3. The molecule has 4 aromatic heterocycles. The summed E-state index contributed by atoms with van der Waals surface area (Å²) in [5.74, 6) is 1.12. The van der Waals surface area contributed by atoms with Crippen molar-refractivity contribution in [1.82, 2.24) is 9.97 Å². The minimum Gasteiger partial charge on any atom is -0.372 e. The van der Waals surface area contributed by atoms with Crippen LogP contribution >= 0.6 is 22.7 Å². The number of H-pyrrole nitrogens is 2. The SMILES string of the molecule is CCCCCCCCNc1ccc(-c2cc3ccc4c5ccc6cc(-c7ccc(C)[nH]7)sc6c5ccc4c3s2)[nH]1. The molecule has 0 unspecified atom stereocenters. The highest BCUT2D eigenvalue weighted by molar-refractivity contribution is 7.23. The van der Waals surface area contributed by atoms with E-state index in [-0.39, 0.29) is 0 Å². The molecule has 0 fully saturated rings. The van der Waals surface area contributed by atoms with Gasteiger partial charge in [-0.1, -0.05) is 75.4 Å². The number of thiophene rings is 2. The molecule has 4 heterocycles. The third kappa shape index (κ3) is 4.71. The molecule has 0 radical (unpaired) electrons. The summed E-state index contributed by atoms with van der Waals surface area (Å²) >= 11 is 3.77. The van der Waals surface area contributed by atoms with Crippen LogP contribution in [0, 0.1) is 6.92 Å². The van der Waals surface area contributed by atoms with E-state index in [4.69, 9.17) is 0 Å². The van der Waals surface area contributed by atoms with Crippen LogP contribution in [-0.4, -0.2) is 16.5 Å². The van der Waals surface area contributed by atoms with Gasteiger partial charge in [-0.3, -0.25) is 0 Å². The summed E-state index contributed by atoms with van der Waals surface area (Å²) in [5.41, 5.74) is 3.58. The van der Waals surface area contributed by atoms with Crippen molar-refractivity contribution in [3.63, 3.8) is 0 Å². The van der Waals surface area contributed by atoms with E-state index >= 15 is 0 Å². The molecule has 202 valence electrons. The normalized spacial score (nSPS) is 11.9. The van der Waals surface area contributed by atoms with Crippen LogP contribution in [0.2, 0.25) is 0 Å². The van der Waals surface area contributed by atoms with Crippen LogP contribution in [0.3, 0.4) is 0 Å². The van der Waals surface area contributed by atoms with E-state index in [9.17, 15) is 0 Å². The molecule has 0 aliphatic rings. The van der Waals surface area contributed by atoms with Gasteiger partial charge in [-0.15, -0.1) is 22.7 Å². The summed E-state index contributed by atoms with van der Waals surface area (Å²) in [7, 11) is 0. The third-order valence-electron chi connectivity index (χ3n) is 8.05. The molecule has 7 rings (SSSR count). The first-order chi connectivity index (χ1) is 19.7. The van der Waals surface area contributed by atoms with Crippen LogP contribution in [0.25, 0.3) is 62.9 Å². The molecule has 40 heavy (non-hydrogen) atoms. The van der Waals surface area contributed by atoms with Crippen molar-refractivity contribution in [3.05, 3.63) is 78.5 Å². The smallest absolute Gasteiger partial charge is 0.103 e. The first kappa shape index (κ1) is 25.4. The largest absolute Gasteiger partial charge is 0.372 e. The number of fused-ring (bicyclic) bond motifs is 7. The zero-order valence-corrected chi connectivity index (χ0v) is 24.8. The Kier molecular flexibility index (Phi) is 6.86. The molecule has 3 nitrogen and oxygen atoms in total. The van der Waals surface area contributed by atoms with E-state index in [0.29, 0.717) is 0 Å². The molecule has 0 amide bonds. The zero-order valence-electron chi connectivity index (χ0n) is 23.2. The lowest BCUT2D eigenvalue weighted by Crippen LogP contribution is -2.01. The molecule has 0 atom stereocenters. The molecule has 7 aromatic rings. The Balaban J connectivity index is 1.17. The minimum absolute atomic E-state index is 1.03. The maximum absolute atomic E-state index is 3.61. The number of unbranched alkanes of at least 4 members (excludes halogenated alkanes) is 5. The maximum Gasteiger partial charge on any atom is 0.103 e. The van der Waals surface area contributed by atoms with Crippen LogP contribution in [0.5, 0.6) is 0 Å². The van der Waals surface area contributed by atoms with E-state index in [2.05, 4.69) is 102 Å². The lowest BCUT2D eigenvalue weighted by Gasteiger charge is -2.06. The molecule has 0 saturated heterocycles. The Morgan fingerprint density at radius 2 is 1.18 bits per heavy atom. The quantitative estimate of drug-likeness (QED) is 0.113. The van der Waals surface area contributed by atoms with Crippen molar-refractivity contribution in [2.75, 3.05) is 11.9 Å². The van der Waals surface area contributed by atoms with Crippen molar-refractivity contribution < 1.29 is 0 Å². The number of rotatable bonds is 10. The van der Waals surface area contributed by atoms with Gasteiger partial charge in [0.25, 0.3) is 0 Å². The number of nitrogens with one attached hydrogen (secondary N) is 3. The summed E-state index contributed by atoms with van der Waals surface area (Å²) < 4.78 is 2.72. The summed E-state index contributed by atoms with van der Waals surface area (Å²) in [4.78, 5) is 9.69. The second-order valence-electron chi connectivity index (χ2n) is 11.0. The zero-order chi connectivity index (χ0) is 27.1. The van der Waals surface area contributed by atoms with Crippen molar-refractivity contribution >= 4 is 70.2 Å². The van der Waals surface area contributed by atoms with Crippen LogP contribution in [0.15, 0.2) is 72.8 Å². The van der Waals surface area contributed by atoms with E-state index in [0.717, 1.165) is 12.4 Å². The average Bonchev–Trinajstić information content (AvgIpc) is 3.77. The van der Waals surface area contributed by atoms with E-state index in [1.807, 2.05) is 22.7 Å². The minimum atomic E-state index is 1.03. The number of anilines is 1. The van der Waals surface area contributed by atoms with Gasteiger partial charge in [0.05, 0.1) is 21.1 Å². The first-order valence-corrected chi connectivity index (χ1v) is 16.2. The van der Waals surface area contributed by atoms with Crippen molar-refractivity contribution in [2.45, 2.75) is 52.4 Å². The number of aromatic nitrogens is 2. The summed E-state index contributed by atoms with van der Waals surface area (Å²) in [6, 6.07) is 27.2. The third-order valence-corrected chi connectivity index (χ3v) is 10.5. The Morgan fingerprint density at radius 1 is 0.600 bits per heavy atom. The lowest BCUT2D eigenvalue weighted by molar-refractivity contribution is 0.617. The van der Waals surface area contributed by atoms with E-state index in [1.54, 1.807) is 0 Å². The van der Waals surface area contributed by atoms with Crippen LogP contribution in [-0.2, 0) is 0 Å². The fourth-order valence-electron chi connectivity index (χ4n) is 5.90. The maximum atomic E-state index is 3.61. The molecule has 3 aromatic carbocycles. The molecular weight excluding hydrogens is 527 g/mol. The van der Waals surface area contributed by atoms with Gasteiger partial charge >= 0.3 is 0 Å². The molecule has 0 aliphatic heterocycles. The Bertz CT molecular complexity index is 1950. The molecule has 5 heteroatoms. The Morgan fingerprint density at radius 3 is 1.80 bits per heavy atom. The number of aromatic amines is 2. The van der Waals surface area contributed by atoms with Gasteiger partial charge in [0.15, 0.2) is 0 Å². The second kappa shape index (κ2) is 10.8. The molecular formula is C35H35N3S2. The highest BCUT2D eigenvalue weighted by atomic mass is 32.1. The summed E-state index contributed by atoms with van der Waals surface area (Å²) in [6.07, 6.45) is 7.93. The van der Waals surface area contributed by atoms with E-state index in [1.165, 1.54) is 107 Å². The highest BCUT2D eigenvalue weighted by Crippen LogP contribution is 2.43. The standard InChI is InChI=1S/C35H35N3S2/c1-3-4-5-6-7-8-19-36-33-18-17-30(38-33)32-21-24-11-13-26-25-12-10-23-20-31(29-16-9-22(2)37-29)39-34(23)27(25)14-15-28(26)35(24)40-32/h9-18,20-21,36-38H,3-8,19H2,1-2H3. The van der Waals surface area contributed by atoms with Gasteiger partial charge < -0.3 is 15.3 Å². The van der Waals surface area contributed by atoms with Crippen molar-refractivity contribution in [3.8, 4) is 21.1 Å². The highest BCUT2D eigenvalue weighted by Gasteiger charge is 2.14. The Labute approximate surface area is 243 Å². The van der Waals surface area contributed by atoms with Crippen LogP contribution < -0.4 is 5.32 Å². The summed E-state index contributed by atoms with van der Waals surface area (Å²) in [6.45, 7) is 5.41. The lowest BCUT2D eigenvalue weighted by atomic mass is 10.00. The topological polar surface area (TPSA) is 43.6 Å². The van der Waals surface area contributed by atoms with Gasteiger partial charge in [-0.25, -0.2) is 0 Å². The fraction of sp³-hybridized carbons (Fsp3) is 0.257. The molecule has 3 N–H and O–H groups in total. The molecule has 0 saturated carbocycles. The summed E-state index contributed by atoms with van der Waals surface area (Å²) in [5, 5.41) is 11.5. The van der Waals surface area contributed by atoms with Crippen LogP contribution in [0.4, 0.5) is 5.82 Å². The monoisotopic (exact) mass is 561 g/mol. The average molecular weight is 562 g/mol. The number of aryl methyl sites for hydroxylation is 1. The van der Waals surface area contributed by atoms with Gasteiger partial charge in [-0.05, 0) is 71.3 Å². The number of hydrogen-bond acceptors (Lipinski definition) is 3. The molecule has 0 aliphatic carbocycles. The second-order valence-corrected chi connectivity index (χ2v) is 13.1. The molecule has 0 bridgehead atoms. The Hall–Kier alpha value is -3.54. The fourth-order valence-corrected chi connectivity index (χ4v) is 8.24. The predicted molar refractivity (Wildman–Crippen MR) is 178 cm³/mol. The van der Waals surface area contributed by atoms with Crippen LogP contribution in [0.1, 0.15) is 51.1 Å². The van der Waals surface area contributed by atoms with Gasteiger partial charge in [0.1, 0.15) is 5.82 Å². The first-order valence-electron chi connectivity index (χ1n) is 14.6. The number of benzene rings is 3. The van der Waals surface area contributed by atoms with Crippen molar-refractivity contribution in [1.29, 1.82) is 0 Å². The van der Waals surface area contributed by atoms with Crippen molar-refractivity contribution in [2.24, 2.45) is 0 Å².